The van der Waals surface area contributed by atoms with Crippen molar-refractivity contribution in [2.75, 3.05) is 20.7 Å². The number of aliphatic hydroxyl groups is 1. The topological polar surface area (TPSA) is 118 Å². The smallest absolute Gasteiger partial charge is 0.329 e. The minimum atomic E-state index is -3.68. The zero-order chi connectivity index (χ0) is 22.8. The van der Waals surface area contributed by atoms with E-state index in [1.54, 1.807) is 30.3 Å². The number of sulfonamides is 1. The fraction of sp³-hybridized carbons (Fsp3) is 0.333. The van der Waals surface area contributed by atoms with Crippen molar-refractivity contribution in [2.24, 2.45) is 0 Å². The zero-order valence-electron chi connectivity index (χ0n) is 17.5. The maximum atomic E-state index is 12.9. The molecule has 0 bridgehead atoms. The molecule has 0 radical (unpaired) electrons. The number of fused-ring (bicyclic) bond motifs is 1. The molecule has 10 heteroatoms. The van der Waals surface area contributed by atoms with Crippen molar-refractivity contribution in [3.63, 3.8) is 0 Å². The molecule has 9 nitrogen and oxygen atoms in total. The fourth-order valence-electron chi connectivity index (χ4n) is 3.23. The first-order valence-electron chi connectivity index (χ1n) is 9.65. The van der Waals surface area contributed by atoms with Gasteiger partial charge in [0.15, 0.2) is 0 Å². The Labute approximate surface area is 180 Å². The first kappa shape index (κ1) is 22.6. The van der Waals surface area contributed by atoms with Crippen molar-refractivity contribution < 1.29 is 18.3 Å². The van der Waals surface area contributed by atoms with Gasteiger partial charge in [0.2, 0.25) is 10.0 Å². The van der Waals surface area contributed by atoms with E-state index in [9.17, 15) is 18.3 Å². The largest absolute Gasteiger partial charge is 0.491 e. The van der Waals surface area contributed by atoms with Crippen LogP contribution in [0.4, 0.5) is 0 Å². The third-order valence-corrected chi connectivity index (χ3v) is 6.72. The summed E-state index contributed by atoms with van der Waals surface area (Å²) in [5.74, 6) is 0.487. The van der Waals surface area contributed by atoms with Crippen LogP contribution in [-0.4, -0.2) is 53.8 Å². The van der Waals surface area contributed by atoms with Crippen LogP contribution in [0.5, 0.6) is 5.75 Å². The first-order valence-corrected chi connectivity index (χ1v) is 11.1. The summed E-state index contributed by atoms with van der Waals surface area (Å²) in [5, 5.41) is 19.3. The molecule has 1 aromatic heterocycles. The average molecular weight is 445 g/mol. The lowest BCUT2D eigenvalue weighted by Crippen LogP contribution is -2.31. The van der Waals surface area contributed by atoms with Crippen molar-refractivity contribution in [1.29, 1.82) is 5.26 Å². The molecule has 2 aromatic carbocycles. The van der Waals surface area contributed by atoms with E-state index < -0.39 is 16.1 Å². The van der Waals surface area contributed by atoms with Crippen LogP contribution in [0, 0.1) is 11.3 Å². The van der Waals surface area contributed by atoms with Crippen LogP contribution in [0.25, 0.3) is 11.0 Å². The number of aromatic nitrogens is 2. The Morgan fingerprint density at radius 1 is 1.13 bits per heavy atom. The highest BCUT2D eigenvalue weighted by Gasteiger charge is 2.21. The van der Waals surface area contributed by atoms with E-state index in [-0.39, 0.29) is 23.7 Å². The number of imidazole rings is 1. The molecule has 1 N–H and O–H groups in total. The predicted molar refractivity (Wildman–Crippen MR) is 115 cm³/mol. The molecule has 1 heterocycles. The summed E-state index contributed by atoms with van der Waals surface area (Å²) in [6.07, 6.45) is -1.02. The van der Waals surface area contributed by atoms with Crippen molar-refractivity contribution in [2.45, 2.75) is 31.0 Å². The van der Waals surface area contributed by atoms with Gasteiger partial charge in [-0.25, -0.2) is 17.5 Å². The number of nitrogens with zero attached hydrogens (tertiary/aromatic N) is 4. The van der Waals surface area contributed by atoms with Crippen LogP contribution < -0.4 is 10.4 Å². The molecular weight excluding hydrogens is 420 g/mol. The number of ether oxygens (including phenoxy) is 1. The van der Waals surface area contributed by atoms with E-state index in [2.05, 4.69) is 0 Å². The SMILES string of the molecule is CCn1c(=O)n(C[C@H](O)COc2ccc(C#N)cc2)c2cc(S(=O)(=O)N(C)C)ccc21. The monoisotopic (exact) mass is 444 g/mol. The van der Waals surface area contributed by atoms with Crippen LogP contribution in [0.3, 0.4) is 0 Å². The maximum Gasteiger partial charge on any atom is 0.329 e. The fourth-order valence-corrected chi connectivity index (χ4v) is 4.16. The van der Waals surface area contributed by atoms with E-state index in [0.717, 1.165) is 4.31 Å². The normalized spacial score (nSPS) is 12.8. The number of rotatable bonds is 8. The van der Waals surface area contributed by atoms with Gasteiger partial charge in [-0.1, -0.05) is 0 Å². The maximum absolute atomic E-state index is 12.9. The predicted octanol–water partition coefficient (Wildman–Crippen LogP) is 1.38. The first-order chi connectivity index (χ1) is 14.7. The van der Waals surface area contributed by atoms with Gasteiger partial charge in [0.05, 0.1) is 34.1 Å². The molecule has 0 aliphatic carbocycles. The van der Waals surface area contributed by atoms with Gasteiger partial charge in [-0.2, -0.15) is 5.26 Å². The molecule has 0 saturated heterocycles. The van der Waals surface area contributed by atoms with Gasteiger partial charge in [-0.15, -0.1) is 0 Å². The van der Waals surface area contributed by atoms with Gasteiger partial charge in [-0.3, -0.25) is 9.13 Å². The van der Waals surface area contributed by atoms with Crippen molar-refractivity contribution in [1.82, 2.24) is 13.4 Å². The van der Waals surface area contributed by atoms with Crippen molar-refractivity contribution >= 4 is 21.1 Å². The summed E-state index contributed by atoms with van der Waals surface area (Å²) in [6.45, 7) is 2.08. The number of aryl methyl sites for hydroxylation is 1. The molecule has 3 rings (SSSR count). The number of hydrogen-bond acceptors (Lipinski definition) is 6. The van der Waals surface area contributed by atoms with E-state index in [1.165, 1.54) is 35.4 Å². The van der Waals surface area contributed by atoms with E-state index in [0.29, 0.717) is 28.9 Å². The summed E-state index contributed by atoms with van der Waals surface area (Å²) >= 11 is 0. The van der Waals surface area contributed by atoms with Gasteiger partial charge >= 0.3 is 5.69 Å². The van der Waals surface area contributed by atoms with Crippen LogP contribution in [-0.2, 0) is 23.1 Å². The van der Waals surface area contributed by atoms with E-state index >= 15 is 0 Å². The molecule has 0 aliphatic rings. The molecule has 164 valence electrons. The molecule has 0 amide bonds. The Kier molecular flexibility index (Phi) is 6.50. The zero-order valence-corrected chi connectivity index (χ0v) is 18.3. The third kappa shape index (κ3) is 4.49. The number of hydrogen-bond donors (Lipinski definition) is 1. The summed E-state index contributed by atoms with van der Waals surface area (Å²) in [7, 11) is -0.800. The van der Waals surface area contributed by atoms with Crippen LogP contribution in [0.15, 0.2) is 52.2 Å². The van der Waals surface area contributed by atoms with Crippen molar-refractivity contribution in [3.05, 3.63) is 58.5 Å². The highest BCUT2D eigenvalue weighted by molar-refractivity contribution is 7.89. The molecule has 0 unspecified atom stereocenters. The minimum absolute atomic E-state index is 0.0651. The van der Waals surface area contributed by atoms with Gasteiger partial charge in [0, 0.05) is 20.6 Å². The number of nitriles is 1. The molecule has 1 atom stereocenters. The quantitative estimate of drug-likeness (QED) is 0.561. The van der Waals surface area contributed by atoms with Crippen molar-refractivity contribution in [3.8, 4) is 11.8 Å². The Bertz CT molecular complexity index is 1280. The van der Waals surface area contributed by atoms with Gasteiger partial charge < -0.3 is 9.84 Å². The lowest BCUT2D eigenvalue weighted by atomic mass is 10.2. The Morgan fingerprint density at radius 2 is 1.81 bits per heavy atom. The molecular formula is C21H24N4O5S. The van der Waals surface area contributed by atoms with Crippen LogP contribution >= 0.6 is 0 Å². The molecule has 0 saturated carbocycles. The molecule has 0 fully saturated rings. The van der Waals surface area contributed by atoms with Gasteiger partial charge in [-0.05, 0) is 49.4 Å². The Morgan fingerprint density at radius 3 is 2.39 bits per heavy atom. The van der Waals surface area contributed by atoms with E-state index in [1.807, 2.05) is 13.0 Å². The third-order valence-electron chi connectivity index (χ3n) is 4.90. The molecule has 31 heavy (non-hydrogen) atoms. The van der Waals surface area contributed by atoms with Crippen LogP contribution in [0.1, 0.15) is 12.5 Å². The van der Waals surface area contributed by atoms with Gasteiger partial charge in [0.1, 0.15) is 18.5 Å². The average Bonchev–Trinajstić information content (AvgIpc) is 3.02. The second-order valence-electron chi connectivity index (χ2n) is 7.18. The lowest BCUT2D eigenvalue weighted by molar-refractivity contribution is 0.0924. The second-order valence-corrected chi connectivity index (χ2v) is 9.33. The standard InChI is InChI=1S/C21H24N4O5S/c1-4-24-19-10-9-18(31(28,29)23(2)3)11-20(19)25(21(24)27)13-16(26)14-30-17-7-5-15(12-22)6-8-17/h5-11,16,26H,4,13-14H2,1-3H3/t16-/m0/s1. The summed E-state index contributed by atoms with van der Waals surface area (Å²) < 4.78 is 34.6. The Balaban J connectivity index is 1.90. The number of benzene rings is 2. The molecule has 0 spiro atoms. The minimum Gasteiger partial charge on any atom is -0.491 e. The Hall–Kier alpha value is -3.13. The summed E-state index contributed by atoms with van der Waals surface area (Å²) in [6, 6.07) is 13.0. The second kappa shape index (κ2) is 8.93. The summed E-state index contributed by atoms with van der Waals surface area (Å²) in [5.41, 5.74) is 1.17. The lowest BCUT2D eigenvalue weighted by Gasteiger charge is -2.14. The van der Waals surface area contributed by atoms with E-state index in [4.69, 9.17) is 10.00 Å². The molecule has 0 aliphatic heterocycles. The number of aliphatic hydroxyl groups excluding tert-OH is 1. The highest BCUT2D eigenvalue weighted by atomic mass is 32.2. The van der Waals surface area contributed by atoms with Crippen LogP contribution in [0.2, 0.25) is 0 Å². The molecule has 3 aromatic rings. The highest BCUT2D eigenvalue weighted by Crippen LogP contribution is 2.21. The van der Waals surface area contributed by atoms with Gasteiger partial charge in [0.25, 0.3) is 0 Å². The summed E-state index contributed by atoms with van der Waals surface area (Å²) in [4.78, 5) is 12.9.